The molecule has 2 saturated heterocycles. The minimum absolute atomic E-state index is 0.0206. The number of carbonyl (C=O) groups excluding carboxylic acids is 1. The number of ether oxygens (including phenoxy) is 1. The molecule has 7 heteroatoms. The first kappa shape index (κ1) is 13.8. The van der Waals surface area contributed by atoms with Crippen LogP contribution in [0.15, 0.2) is 18.2 Å². The summed E-state index contributed by atoms with van der Waals surface area (Å²) < 4.78 is 18.8. The number of carboxylic acid groups (broad SMARTS) is 1. The van der Waals surface area contributed by atoms with E-state index in [-0.39, 0.29) is 29.5 Å². The van der Waals surface area contributed by atoms with Crippen molar-refractivity contribution in [1.82, 2.24) is 5.32 Å². The van der Waals surface area contributed by atoms with Crippen LogP contribution in [-0.4, -0.2) is 35.4 Å². The maximum Gasteiger partial charge on any atom is 0.337 e. The number of fused-ring (bicyclic) bond motifs is 2. The van der Waals surface area contributed by atoms with Crippen LogP contribution in [0.25, 0.3) is 0 Å². The van der Waals surface area contributed by atoms with Crippen LogP contribution >= 0.6 is 0 Å². The number of carbonyl (C=O) groups is 2. The largest absolute Gasteiger partial charge is 0.478 e. The predicted octanol–water partition coefficient (Wildman–Crippen LogP) is 1.97. The van der Waals surface area contributed by atoms with E-state index < -0.39 is 17.8 Å². The number of anilines is 1. The number of hydrogen-bond donors (Lipinski definition) is 3. The third-order valence-corrected chi connectivity index (χ3v) is 3.88. The van der Waals surface area contributed by atoms with Crippen molar-refractivity contribution in [3.8, 4) is 0 Å². The van der Waals surface area contributed by atoms with Gasteiger partial charge in [0.1, 0.15) is 5.82 Å². The van der Waals surface area contributed by atoms with Crippen LogP contribution in [-0.2, 0) is 4.74 Å². The van der Waals surface area contributed by atoms with Crippen molar-refractivity contribution in [1.29, 1.82) is 0 Å². The Morgan fingerprint density at radius 1 is 1.33 bits per heavy atom. The van der Waals surface area contributed by atoms with Gasteiger partial charge in [-0.15, -0.1) is 0 Å². The Morgan fingerprint density at radius 2 is 2.14 bits per heavy atom. The number of carboxylic acids is 1. The van der Waals surface area contributed by atoms with Crippen molar-refractivity contribution in [3.63, 3.8) is 0 Å². The summed E-state index contributed by atoms with van der Waals surface area (Å²) in [6.45, 7) is 0. The van der Waals surface area contributed by atoms with Gasteiger partial charge >= 0.3 is 12.0 Å². The monoisotopic (exact) mass is 294 g/mol. The Bertz CT molecular complexity index is 592. The molecule has 3 atom stereocenters. The number of rotatable bonds is 3. The molecular formula is C14H15FN2O4. The van der Waals surface area contributed by atoms with E-state index in [9.17, 15) is 14.0 Å². The van der Waals surface area contributed by atoms with Gasteiger partial charge in [0.2, 0.25) is 0 Å². The lowest BCUT2D eigenvalue weighted by molar-refractivity contribution is 0.0698. The summed E-state index contributed by atoms with van der Waals surface area (Å²) in [5.41, 5.74) is -0.222. The summed E-state index contributed by atoms with van der Waals surface area (Å²) in [4.78, 5) is 23.0. The number of hydrogen-bond acceptors (Lipinski definition) is 3. The minimum Gasteiger partial charge on any atom is -0.478 e. The van der Waals surface area contributed by atoms with Crippen molar-refractivity contribution < 1.29 is 23.8 Å². The fourth-order valence-corrected chi connectivity index (χ4v) is 2.92. The molecule has 2 aliphatic rings. The lowest BCUT2D eigenvalue weighted by Gasteiger charge is -2.20. The number of halogens is 1. The number of benzene rings is 1. The van der Waals surface area contributed by atoms with E-state index >= 15 is 0 Å². The second-order valence-electron chi connectivity index (χ2n) is 5.31. The Morgan fingerprint density at radius 3 is 2.76 bits per heavy atom. The van der Waals surface area contributed by atoms with Gasteiger partial charge in [-0.25, -0.2) is 14.0 Å². The third kappa shape index (κ3) is 2.82. The van der Waals surface area contributed by atoms with Crippen molar-refractivity contribution in [2.75, 3.05) is 5.32 Å². The van der Waals surface area contributed by atoms with E-state index in [0.717, 1.165) is 37.5 Å². The Hall–Kier alpha value is -2.15. The zero-order valence-electron chi connectivity index (χ0n) is 11.1. The third-order valence-electron chi connectivity index (χ3n) is 3.88. The normalized spacial score (nSPS) is 26.6. The molecule has 0 spiro atoms. The van der Waals surface area contributed by atoms with Gasteiger partial charge in [0.05, 0.1) is 29.5 Å². The molecule has 21 heavy (non-hydrogen) atoms. The smallest absolute Gasteiger partial charge is 0.337 e. The molecule has 0 radical (unpaired) electrons. The first-order valence-corrected chi connectivity index (χ1v) is 6.79. The van der Waals surface area contributed by atoms with Gasteiger partial charge in [0.15, 0.2) is 0 Å². The van der Waals surface area contributed by atoms with Gasteiger partial charge in [-0.2, -0.15) is 0 Å². The molecule has 0 aliphatic carbocycles. The minimum atomic E-state index is -1.23. The molecule has 2 heterocycles. The van der Waals surface area contributed by atoms with Crippen LogP contribution in [0.5, 0.6) is 0 Å². The molecule has 0 saturated carbocycles. The van der Waals surface area contributed by atoms with Crippen LogP contribution in [0.3, 0.4) is 0 Å². The molecule has 2 aliphatic heterocycles. The summed E-state index contributed by atoms with van der Waals surface area (Å²) >= 11 is 0. The van der Waals surface area contributed by atoms with Crippen molar-refractivity contribution in [2.45, 2.75) is 37.5 Å². The van der Waals surface area contributed by atoms with Crippen LogP contribution in [0.1, 0.15) is 29.6 Å². The summed E-state index contributed by atoms with van der Waals surface area (Å²) in [5.74, 6) is -1.84. The molecule has 3 N–H and O–H groups in total. The molecule has 1 aromatic carbocycles. The fourth-order valence-electron chi connectivity index (χ4n) is 2.92. The first-order valence-electron chi connectivity index (χ1n) is 6.79. The average molecular weight is 294 g/mol. The van der Waals surface area contributed by atoms with Crippen LogP contribution in [0, 0.1) is 5.82 Å². The Balaban J connectivity index is 1.67. The highest BCUT2D eigenvalue weighted by Crippen LogP contribution is 2.34. The molecule has 112 valence electrons. The number of urea groups is 1. The van der Waals surface area contributed by atoms with Crippen LogP contribution < -0.4 is 10.6 Å². The van der Waals surface area contributed by atoms with Crippen molar-refractivity contribution >= 4 is 17.7 Å². The molecule has 2 amide bonds. The van der Waals surface area contributed by atoms with Crippen molar-refractivity contribution in [2.24, 2.45) is 0 Å². The highest BCUT2D eigenvalue weighted by atomic mass is 19.1. The van der Waals surface area contributed by atoms with Crippen LogP contribution in [0.4, 0.5) is 14.9 Å². The van der Waals surface area contributed by atoms with E-state index in [1.807, 2.05) is 0 Å². The van der Waals surface area contributed by atoms with Gasteiger partial charge in [-0.1, -0.05) is 0 Å². The molecule has 6 nitrogen and oxygen atoms in total. The standard InChI is InChI=1S/C14H15FN2O4/c15-7-1-3-9(13(18)19)10(5-7)16-14(20)17-11-6-8-2-4-12(11)21-8/h1,3,5,8,11-12H,2,4,6H2,(H,18,19)(H2,16,17,20). The van der Waals surface area contributed by atoms with Crippen molar-refractivity contribution in [3.05, 3.63) is 29.6 Å². The first-order chi connectivity index (χ1) is 10.0. The second-order valence-corrected chi connectivity index (χ2v) is 5.31. The molecule has 2 bridgehead atoms. The molecule has 1 aromatic rings. The summed E-state index contributed by atoms with van der Waals surface area (Å²) in [5, 5.41) is 14.2. The fraction of sp³-hybridized carbons (Fsp3) is 0.429. The van der Waals surface area contributed by atoms with E-state index in [0.29, 0.717) is 0 Å². The lowest BCUT2D eigenvalue weighted by atomic mass is 9.96. The van der Waals surface area contributed by atoms with Crippen LogP contribution in [0.2, 0.25) is 0 Å². The molecule has 3 unspecified atom stereocenters. The van der Waals surface area contributed by atoms with E-state index in [4.69, 9.17) is 9.84 Å². The molecule has 3 rings (SSSR count). The van der Waals surface area contributed by atoms with Gasteiger partial charge < -0.3 is 20.5 Å². The molecule has 0 aromatic heterocycles. The second kappa shape index (κ2) is 5.33. The number of amides is 2. The number of nitrogens with one attached hydrogen (secondary N) is 2. The zero-order chi connectivity index (χ0) is 15.0. The maximum atomic E-state index is 13.2. The van der Waals surface area contributed by atoms with Gasteiger partial charge in [-0.3, -0.25) is 0 Å². The van der Waals surface area contributed by atoms with Gasteiger partial charge in [0, 0.05) is 0 Å². The molecule has 2 fully saturated rings. The predicted molar refractivity (Wildman–Crippen MR) is 71.8 cm³/mol. The summed E-state index contributed by atoms with van der Waals surface area (Å²) in [7, 11) is 0. The average Bonchev–Trinajstić information content (AvgIpc) is 3.00. The zero-order valence-corrected chi connectivity index (χ0v) is 11.1. The SMILES string of the molecule is O=C(Nc1cc(F)ccc1C(=O)O)NC1CC2CCC1O2. The van der Waals surface area contributed by atoms with Gasteiger partial charge in [-0.05, 0) is 37.5 Å². The highest BCUT2D eigenvalue weighted by Gasteiger charge is 2.41. The topological polar surface area (TPSA) is 87.7 Å². The highest BCUT2D eigenvalue weighted by molar-refractivity contribution is 6.00. The summed E-state index contributed by atoms with van der Waals surface area (Å²) in [6, 6.07) is 2.51. The van der Waals surface area contributed by atoms with E-state index in [1.54, 1.807) is 0 Å². The van der Waals surface area contributed by atoms with Gasteiger partial charge in [0.25, 0.3) is 0 Å². The lowest BCUT2D eigenvalue weighted by Crippen LogP contribution is -2.43. The molecular weight excluding hydrogens is 279 g/mol. The van der Waals surface area contributed by atoms with E-state index in [2.05, 4.69) is 10.6 Å². The number of aromatic carboxylic acids is 1. The maximum absolute atomic E-state index is 13.2. The Labute approximate surface area is 120 Å². The van der Waals surface area contributed by atoms with E-state index in [1.165, 1.54) is 0 Å². The summed E-state index contributed by atoms with van der Waals surface area (Å²) in [6.07, 6.45) is 2.90. The quantitative estimate of drug-likeness (QED) is 0.795. The Kier molecular flexibility index (Phi) is 3.50.